The maximum atomic E-state index is 13.1. The Morgan fingerprint density at radius 2 is 1.03 bits per heavy atom. The van der Waals surface area contributed by atoms with Crippen molar-refractivity contribution >= 4 is 85.8 Å². The smallest absolute Gasteiger partial charge is 0.427 e. The summed E-state index contributed by atoms with van der Waals surface area (Å²) in [7, 11) is -0.744. The van der Waals surface area contributed by atoms with Gasteiger partial charge in [0.2, 0.25) is 0 Å². The summed E-state index contributed by atoms with van der Waals surface area (Å²) >= 11 is 0. The van der Waals surface area contributed by atoms with E-state index in [9.17, 15) is 19.5 Å². The van der Waals surface area contributed by atoms with Crippen molar-refractivity contribution in [2.45, 2.75) is 80.7 Å². The molecule has 0 unspecified atom stereocenters. The van der Waals surface area contributed by atoms with Gasteiger partial charge in [-0.2, -0.15) is 0 Å². The minimum atomic E-state index is -0.744. The first-order valence-electron chi connectivity index (χ1n) is 20.3. The maximum absolute atomic E-state index is 13.1. The molecule has 0 bridgehead atoms. The highest BCUT2D eigenvalue weighted by molar-refractivity contribution is 6.69. The van der Waals surface area contributed by atoms with E-state index in [1.807, 2.05) is 57.6 Å². The zero-order valence-corrected chi connectivity index (χ0v) is 34.9. The van der Waals surface area contributed by atoms with Crippen molar-refractivity contribution in [3.8, 4) is 0 Å². The van der Waals surface area contributed by atoms with E-state index in [4.69, 9.17) is 33.7 Å². The van der Waals surface area contributed by atoms with Gasteiger partial charge in [0.1, 0.15) is 5.82 Å². The van der Waals surface area contributed by atoms with Crippen molar-refractivity contribution in [1.29, 1.82) is 0 Å². The fourth-order valence-corrected chi connectivity index (χ4v) is 8.30. The molecular weight excluding hydrogens is 760 g/mol. The molecule has 0 saturated carbocycles. The van der Waals surface area contributed by atoms with Gasteiger partial charge in [-0.25, -0.2) is 4.39 Å². The monoisotopic (exact) mass is 808 g/mol. The van der Waals surface area contributed by atoms with Crippen molar-refractivity contribution in [2.24, 2.45) is 0 Å². The van der Waals surface area contributed by atoms with Crippen LogP contribution in [-0.2, 0) is 67.6 Å². The number of hydrogen-bond donors (Lipinski definition) is 2. The number of non-ortho nitro benzene ring substituents is 1. The number of nitrogens with zero attached hydrogens (tertiary/aromatic N) is 1. The molecule has 0 aromatic heterocycles. The molecule has 11 nitrogen and oxygen atoms in total. The minimum absolute atomic E-state index is 0.0186. The molecule has 0 aliphatic carbocycles. The van der Waals surface area contributed by atoms with Crippen LogP contribution in [0.1, 0.15) is 38.9 Å². The van der Waals surface area contributed by atoms with E-state index in [0.29, 0.717) is 33.3 Å². The zero-order chi connectivity index (χ0) is 42.7. The van der Waals surface area contributed by atoms with Crippen LogP contribution in [-0.4, -0.2) is 51.6 Å². The number of benzene rings is 5. The minimum Gasteiger partial charge on any atom is -0.427 e. The topological polar surface area (TPSA) is 145 Å². The second kappa shape index (κ2) is 18.9. The lowest BCUT2D eigenvalue weighted by Crippen LogP contribution is -2.32. The fourth-order valence-electron chi connectivity index (χ4n) is 8.30. The molecule has 6 heterocycles. The molecule has 0 spiro atoms. The number of nitro groups is 1. The van der Waals surface area contributed by atoms with Crippen LogP contribution in [0.3, 0.4) is 0 Å². The standard InChI is InChI=1S/C9H10B2O3.C9H11BO.C8H8BFO.C8H8BNO3.C8H10BNO/c1-10-8-2-7-5-14-11(12)9(7)3-6(8)4-13-10;1-7-4-3-5-8-6-11-10(2)9(7)8;1-9-8-6(5-11-9)3-2-4-7(8)10;1-9-8-4-7(10(11)12)3-2-6(8)5-13-9;1-9-8-4-7(10)3-2-6(8)5-11-9/h2-3,12H,4-5H2,1H3;3-5H,6H2,1-2H3;2-4H,5H2,1H3;2-4H,5H2,1H3;2-4H,5,10H2,1H3. The lowest BCUT2D eigenvalue weighted by Gasteiger charge is -2.03. The number of nitrogen functional groups attached to an aromatic ring is 1. The number of nitro benzene ring substituents is 1. The summed E-state index contributed by atoms with van der Waals surface area (Å²) in [5.41, 5.74) is 21.3. The predicted octanol–water partition coefficient (Wildman–Crippen LogP) is 3.38. The number of nitrogens with two attached hydrogens (primary N) is 1. The van der Waals surface area contributed by atoms with Gasteiger partial charge in [0, 0.05) is 17.8 Å². The lowest BCUT2D eigenvalue weighted by molar-refractivity contribution is -0.384. The van der Waals surface area contributed by atoms with Gasteiger partial charge in [-0.3, -0.25) is 10.1 Å². The van der Waals surface area contributed by atoms with Crippen LogP contribution >= 0.6 is 0 Å². The summed E-state index contributed by atoms with van der Waals surface area (Å²) < 4.78 is 45.3. The number of rotatable bonds is 1. The molecule has 11 rings (SSSR count). The van der Waals surface area contributed by atoms with E-state index in [1.165, 1.54) is 50.8 Å². The van der Waals surface area contributed by atoms with Crippen molar-refractivity contribution < 1.29 is 42.3 Å². The van der Waals surface area contributed by atoms with E-state index in [-0.39, 0.29) is 44.1 Å². The molecular formula is C42H47B6FN2O9. The first kappa shape index (κ1) is 43.4. The van der Waals surface area contributed by atoms with Crippen LogP contribution in [0.25, 0.3) is 0 Å². The third-order valence-electron chi connectivity index (χ3n) is 11.7. The summed E-state index contributed by atoms with van der Waals surface area (Å²) in [6, 6.07) is 26.4. The molecule has 60 heavy (non-hydrogen) atoms. The molecule has 304 valence electrons. The van der Waals surface area contributed by atoms with Crippen molar-refractivity contribution in [3.63, 3.8) is 0 Å². The van der Waals surface area contributed by atoms with Crippen LogP contribution < -0.4 is 38.5 Å². The van der Waals surface area contributed by atoms with E-state index < -0.39 is 7.12 Å². The third-order valence-corrected chi connectivity index (χ3v) is 11.7. The molecule has 0 amide bonds. The number of halogens is 1. The quantitative estimate of drug-likeness (QED) is 0.112. The number of anilines is 1. The first-order valence-corrected chi connectivity index (χ1v) is 20.3. The fraction of sp³-hybridized carbons (Fsp3) is 0.286. The molecule has 0 radical (unpaired) electrons. The Hall–Kier alpha value is -4.66. The van der Waals surface area contributed by atoms with Crippen LogP contribution in [0.4, 0.5) is 15.8 Å². The summed E-state index contributed by atoms with van der Waals surface area (Å²) in [5, 5.41) is 20.0. The lowest BCUT2D eigenvalue weighted by atomic mass is 9.62. The predicted molar refractivity (Wildman–Crippen MR) is 241 cm³/mol. The van der Waals surface area contributed by atoms with Crippen molar-refractivity contribution in [2.75, 3.05) is 5.73 Å². The largest absolute Gasteiger partial charge is 0.491 e. The van der Waals surface area contributed by atoms with Crippen LogP contribution in [0, 0.1) is 22.9 Å². The average molecular weight is 808 g/mol. The molecule has 6 aliphatic rings. The summed E-state index contributed by atoms with van der Waals surface area (Å²) in [4.78, 5) is 10.1. The van der Waals surface area contributed by atoms with Gasteiger partial charge < -0.3 is 38.7 Å². The van der Waals surface area contributed by atoms with Crippen LogP contribution in [0.2, 0.25) is 34.1 Å². The molecule has 0 fully saturated rings. The third kappa shape index (κ3) is 9.61. The molecule has 3 N–H and O–H groups in total. The normalized spacial score (nSPS) is 15.9. The van der Waals surface area contributed by atoms with Gasteiger partial charge >= 0.3 is 41.7 Å². The van der Waals surface area contributed by atoms with Gasteiger partial charge in [-0.1, -0.05) is 94.3 Å². The molecule has 6 aliphatic heterocycles. The summed E-state index contributed by atoms with van der Waals surface area (Å²) in [5.74, 6) is -0.146. The van der Waals surface area contributed by atoms with Gasteiger partial charge in [0.25, 0.3) is 5.69 Å². The first-order chi connectivity index (χ1) is 28.8. The van der Waals surface area contributed by atoms with Gasteiger partial charge in [0.15, 0.2) is 0 Å². The molecule has 0 atom stereocenters. The Labute approximate surface area is 353 Å². The van der Waals surface area contributed by atoms with E-state index >= 15 is 0 Å². The Bertz CT molecular complexity index is 2280. The number of aryl methyl sites for hydroxylation is 1. The Morgan fingerprint density at radius 1 is 0.567 bits per heavy atom. The molecule has 5 aromatic carbocycles. The molecule has 5 aromatic rings. The SMILES string of the molecule is CB1OCc2cc3c(cc21)COB3O.CB1OCc2ccc(N)cc21.CB1OCc2ccc([N+](=O)[O-])cc21.CB1OCc2cccc(C)c21.CB1OCc2cccc(F)c21. The Kier molecular flexibility index (Phi) is 13.7. The maximum Gasteiger partial charge on any atom is 0.491 e. The molecule has 0 saturated heterocycles. The van der Waals surface area contributed by atoms with Crippen LogP contribution in [0.5, 0.6) is 0 Å². The zero-order valence-electron chi connectivity index (χ0n) is 34.9. The number of fused-ring (bicyclic) bond motifs is 6. The Balaban J connectivity index is 0.000000114. The van der Waals surface area contributed by atoms with E-state index in [0.717, 1.165) is 52.0 Å². The van der Waals surface area contributed by atoms with E-state index in [2.05, 4.69) is 38.0 Å². The molecule has 18 heteroatoms. The Morgan fingerprint density at radius 3 is 1.65 bits per heavy atom. The van der Waals surface area contributed by atoms with E-state index in [1.54, 1.807) is 18.2 Å². The number of hydrogen-bond acceptors (Lipinski definition) is 10. The van der Waals surface area contributed by atoms with Gasteiger partial charge in [-0.05, 0) is 91.3 Å². The summed E-state index contributed by atoms with van der Waals surface area (Å²) in [6.07, 6.45) is 0. The second-order valence-electron chi connectivity index (χ2n) is 15.7. The van der Waals surface area contributed by atoms with Crippen molar-refractivity contribution in [1.82, 2.24) is 0 Å². The highest BCUT2D eigenvalue weighted by atomic mass is 19.1. The van der Waals surface area contributed by atoms with Gasteiger partial charge in [0.05, 0.1) is 44.6 Å². The highest BCUT2D eigenvalue weighted by Gasteiger charge is 2.33. The summed E-state index contributed by atoms with van der Waals surface area (Å²) in [6.45, 7) is 16.5. The second-order valence-corrected chi connectivity index (χ2v) is 15.7. The highest BCUT2D eigenvalue weighted by Crippen LogP contribution is 2.19. The average Bonchev–Trinajstić information content (AvgIpc) is 4.11. The van der Waals surface area contributed by atoms with Crippen LogP contribution in [0.15, 0.2) is 84.9 Å². The van der Waals surface area contributed by atoms with Crippen molar-refractivity contribution in [3.05, 3.63) is 140 Å². The van der Waals surface area contributed by atoms with Gasteiger partial charge in [-0.15, -0.1) is 0 Å².